The molecule has 1 aliphatic carbocycles. The number of aromatic nitrogens is 5. The topological polar surface area (TPSA) is 88.8 Å². The molecule has 1 saturated carbocycles. The van der Waals surface area contributed by atoms with Crippen LogP contribution in [0.5, 0.6) is 0 Å². The summed E-state index contributed by atoms with van der Waals surface area (Å²) in [5.74, 6) is 0.585. The maximum Gasteiger partial charge on any atom is 0.272 e. The number of fused-ring (bicyclic) bond motifs is 2. The third-order valence-electron chi connectivity index (χ3n) is 6.42. The molecule has 0 saturated heterocycles. The normalized spacial score (nSPS) is 16.1. The summed E-state index contributed by atoms with van der Waals surface area (Å²) >= 11 is 1.54. The summed E-state index contributed by atoms with van der Waals surface area (Å²) in [5.41, 5.74) is 5.85. The van der Waals surface area contributed by atoms with Crippen LogP contribution in [0.25, 0.3) is 11.0 Å². The van der Waals surface area contributed by atoms with Crippen molar-refractivity contribution in [2.45, 2.75) is 45.4 Å². The van der Waals surface area contributed by atoms with Crippen molar-refractivity contribution in [3.63, 3.8) is 0 Å². The van der Waals surface area contributed by atoms with Crippen LogP contribution in [0.1, 0.15) is 45.2 Å². The maximum absolute atomic E-state index is 13.1. The predicted molar refractivity (Wildman–Crippen MR) is 126 cm³/mol. The van der Waals surface area contributed by atoms with Crippen LogP contribution in [0, 0.1) is 5.92 Å². The first-order valence-corrected chi connectivity index (χ1v) is 12.3. The molecule has 1 N–H and O–H groups in total. The quantitative estimate of drug-likeness (QED) is 0.457. The second-order valence-corrected chi connectivity index (χ2v) is 9.79. The Morgan fingerprint density at radius 2 is 2.06 bits per heavy atom. The van der Waals surface area contributed by atoms with Crippen molar-refractivity contribution < 1.29 is 4.79 Å². The van der Waals surface area contributed by atoms with Crippen LogP contribution in [0.3, 0.4) is 0 Å². The lowest BCUT2D eigenvalue weighted by Crippen LogP contribution is -2.32. The van der Waals surface area contributed by atoms with Gasteiger partial charge in [0, 0.05) is 67.8 Å². The van der Waals surface area contributed by atoms with Gasteiger partial charge in [-0.25, -0.2) is 4.98 Å². The molecular weight excluding hydrogens is 434 g/mol. The Morgan fingerprint density at radius 3 is 2.91 bits per heavy atom. The summed E-state index contributed by atoms with van der Waals surface area (Å²) in [6.07, 6.45) is 8.64. The monoisotopic (exact) mass is 459 g/mol. The van der Waals surface area contributed by atoms with Crippen molar-refractivity contribution in [3.05, 3.63) is 69.7 Å². The fourth-order valence-electron chi connectivity index (χ4n) is 4.56. The Hall–Kier alpha value is -3.17. The van der Waals surface area contributed by atoms with E-state index in [-0.39, 0.29) is 5.91 Å². The minimum atomic E-state index is -0.117. The summed E-state index contributed by atoms with van der Waals surface area (Å²) in [4.78, 5) is 28.8. The highest BCUT2D eigenvalue weighted by molar-refractivity contribution is 7.09. The number of rotatable bonds is 7. The van der Waals surface area contributed by atoms with Crippen molar-refractivity contribution >= 4 is 28.3 Å². The van der Waals surface area contributed by atoms with Crippen molar-refractivity contribution in [2.24, 2.45) is 5.92 Å². The molecule has 1 fully saturated rings. The number of carbonyl (C=O) groups excluding carboxylic acids is 1. The fourth-order valence-corrected chi connectivity index (χ4v) is 5.12. The van der Waals surface area contributed by atoms with Crippen molar-refractivity contribution in [2.75, 3.05) is 6.54 Å². The van der Waals surface area contributed by atoms with Gasteiger partial charge in [0.05, 0.1) is 17.6 Å². The highest BCUT2D eigenvalue weighted by atomic mass is 32.1. The van der Waals surface area contributed by atoms with Crippen LogP contribution in [0.15, 0.2) is 42.2 Å². The number of benzene rings is 1. The zero-order valence-electron chi connectivity index (χ0n) is 18.3. The molecule has 0 spiro atoms. The number of hydrogen-bond acceptors (Lipinski definition) is 7. The van der Waals surface area contributed by atoms with Crippen molar-refractivity contribution in [1.82, 2.24) is 34.9 Å². The van der Waals surface area contributed by atoms with Gasteiger partial charge in [-0.15, -0.1) is 11.3 Å². The van der Waals surface area contributed by atoms with Crippen LogP contribution in [0.4, 0.5) is 0 Å². The summed E-state index contributed by atoms with van der Waals surface area (Å²) in [6, 6.07) is 6.14. The van der Waals surface area contributed by atoms with E-state index in [1.165, 1.54) is 18.5 Å². The predicted octanol–water partition coefficient (Wildman–Crippen LogP) is 3.18. The first kappa shape index (κ1) is 20.4. The van der Waals surface area contributed by atoms with E-state index in [2.05, 4.69) is 35.9 Å². The van der Waals surface area contributed by atoms with Crippen LogP contribution in [-0.2, 0) is 32.6 Å². The molecule has 9 heteroatoms. The minimum Gasteiger partial charge on any atom is -0.344 e. The minimum absolute atomic E-state index is 0.117. The van der Waals surface area contributed by atoms with E-state index >= 15 is 0 Å². The number of thiazole rings is 1. The number of nitrogens with zero attached hydrogens (tertiary/aromatic N) is 6. The van der Waals surface area contributed by atoms with E-state index in [0.29, 0.717) is 24.7 Å². The van der Waals surface area contributed by atoms with Gasteiger partial charge in [-0.05, 0) is 30.4 Å². The zero-order chi connectivity index (χ0) is 22.2. The summed E-state index contributed by atoms with van der Waals surface area (Å²) in [5, 5.41) is 10.6. The lowest BCUT2D eigenvalue weighted by Gasteiger charge is -2.28. The van der Waals surface area contributed by atoms with Gasteiger partial charge in [0.25, 0.3) is 5.91 Å². The molecular formula is C24H25N7OS. The third kappa shape index (κ3) is 4.26. The van der Waals surface area contributed by atoms with Crippen LogP contribution < -0.4 is 5.32 Å². The Bertz CT molecular complexity index is 1290. The Labute approximate surface area is 195 Å². The van der Waals surface area contributed by atoms with E-state index in [4.69, 9.17) is 5.10 Å². The van der Waals surface area contributed by atoms with Gasteiger partial charge in [0.2, 0.25) is 0 Å². The molecule has 6 rings (SSSR count). The highest BCUT2D eigenvalue weighted by Crippen LogP contribution is 2.33. The fraction of sp³-hybridized carbons (Fsp3) is 0.375. The Morgan fingerprint density at radius 1 is 1.15 bits per heavy atom. The molecule has 0 radical (unpaired) electrons. The number of nitrogens with one attached hydrogen (secondary N) is 1. The molecule has 4 aromatic rings. The van der Waals surface area contributed by atoms with E-state index in [0.717, 1.165) is 53.2 Å². The molecule has 1 aliphatic heterocycles. The molecule has 2 aliphatic rings. The number of para-hydroxylation sites is 1. The first-order valence-electron chi connectivity index (χ1n) is 11.4. The molecule has 0 atom stereocenters. The van der Waals surface area contributed by atoms with Gasteiger partial charge >= 0.3 is 0 Å². The molecule has 0 unspecified atom stereocenters. The second-order valence-electron chi connectivity index (χ2n) is 8.81. The molecule has 3 aromatic heterocycles. The van der Waals surface area contributed by atoms with Crippen LogP contribution in [-0.4, -0.2) is 42.1 Å². The Balaban J connectivity index is 1.25. The summed E-state index contributed by atoms with van der Waals surface area (Å²) in [6.45, 7) is 3.75. The molecule has 1 aromatic carbocycles. The highest BCUT2D eigenvalue weighted by Gasteiger charge is 2.31. The first-order chi connectivity index (χ1) is 16.2. The lowest BCUT2D eigenvalue weighted by atomic mass is 10.0. The summed E-state index contributed by atoms with van der Waals surface area (Å²) in [7, 11) is 0. The van der Waals surface area contributed by atoms with Crippen LogP contribution in [0.2, 0.25) is 0 Å². The smallest absolute Gasteiger partial charge is 0.272 e. The van der Waals surface area contributed by atoms with Gasteiger partial charge in [-0.1, -0.05) is 12.1 Å². The Kier molecular flexibility index (Phi) is 5.35. The molecule has 33 heavy (non-hydrogen) atoms. The van der Waals surface area contributed by atoms with E-state index in [9.17, 15) is 4.79 Å². The third-order valence-corrected chi connectivity index (χ3v) is 7.20. The van der Waals surface area contributed by atoms with Crippen molar-refractivity contribution in [3.8, 4) is 0 Å². The van der Waals surface area contributed by atoms with Gasteiger partial charge in [0.15, 0.2) is 5.69 Å². The molecule has 1 amide bonds. The maximum atomic E-state index is 13.1. The SMILES string of the molecule is O=C(NCc1nccs1)c1nn(CC2CC2)c2c1CN(Cc1cccc3nccnc13)CC2. The van der Waals surface area contributed by atoms with Gasteiger partial charge < -0.3 is 5.32 Å². The number of carbonyl (C=O) groups is 1. The number of hydrogen-bond donors (Lipinski definition) is 1. The van der Waals surface area contributed by atoms with Crippen LogP contribution >= 0.6 is 11.3 Å². The van der Waals surface area contributed by atoms with E-state index < -0.39 is 0 Å². The zero-order valence-corrected chi connectivity index (χ0v) is 19.1. The number of amides is 1. The molecule has 8 nitrogen and oxygen atoms in total. The average molecular weight is 460 g/mol. The molecule has 0 bridgehead atoms. The average Bonchev–Trinajstić information content (AvgIpc) is 3.36. The largest absolute Gasteiger partial charge is 0.344 e. The summed E-state index contributed by atoms with van der Waals surface area (Å²) < 4.78 is 2.10. The van der Waals surface area contributed by atoms with Gasteiger partial charge in [-0.3, -0.25) is 24.3 Å². The standard InChI is InChI=1S/C24H25N7OS/c32-24(28-12-21-26-9-11-33-21)23-18-15-30(10-6-20(18)31(29-23)13-16-4-5-16)14-17-2-1-3-19-22(17)27-8-7-25-19/h1-3,7-9,11,16H,4-6,10,12-15H2,(H,28,32). The van der Waals surface area contributed by atoms with Crippen molar-refractivity contribution in [1.29, 1.82) is 0 Å². The van der Waals surface area contributed by atoms with Gasteiger partial charge in [0.1, 0.15) is 5.01 Å². The van der Waals surface area contributed by atoms with E-state index in [1.807, 2.05) is 17.5 Å². The molecule has 4 heterocycles. The van der Waals surface area contributed by atoms with E-state index in [1.54, 1.807) is 29.9 Å². The second kappa shape index (κ2) is 8.64. The molecule has 168 valence electrons. The lowest BCUT2D eigenvalue weighted by molar-refractivity contribution is 0.0942. The van der Waals surface area contributed by atoms with Gasteiger partial charge in [-0.2, -0.15) is 5.10 Å².